The second-order valence-corrected chi connectivity index (χ2v) is 7.04. The number of thiazole rings is 1. The topological polar surface area (TPSA) is 49.8 Å². The Labute approximate surface area is 147 Å². The largest absolute Gasteiger partial charge is 0.493 e. The average molecular weight is 344 g/mol. The number of guanidine groups is 1. The Morgan fingerprint density at radius 3 is 3.08 bits per heavy atom. The number of nitrogens with one attached hydrogen (secondary N) is 1. The van der Waals surface area contributed by atoms with Crippen LogP contribution in [0.4, 0.5) is 0 Å². The minimum atomic E-state index is 0.764. The van der Waals surface area contributed by atoms with Gasteiger partial charge in [0, 0.05) is 32.4 Å². The number of rotatable bonds is 5. The Balaban J connectivity index is 1.50. The lowest BCUT2D eigenvalue weighted by atomic mass is 10.1. The first-order chi connectivity index (χ1) is 11.7. The van der Waals surface area contributed by atoms with Crippen LogP contribution in [0.15, 0.2) is 28.6 Å². The van der Waals surface area contributed by atoms with E-state index in [2.05, 4.69) is 43.8 Å². The van der Waals surface area contributed by atoms with Crippen LogP contribution in [0.5, 0.6) is 5.75 Å². The van der Waals surface area contributed by atoms with Gasteiger partial charge in [0.25, 0.3) is 0 Å². The van der Waals surface area contributed by atoms with Crippen molar-refractivity contribution in [2.45, 2.75) is 26.3 Å². The van der Waals surface area contributed by atoms with Crippen LogP contribution in [0.25, 0.3) is 0 Å². The lowest BCUT2D eigenvalue weighted by Gasteiger charge is -2.21. The van der Waals surface area contributed by atoms with Crippen molar-refractivity contribution < 1.29 is 4.74 Å². The van der Waals surface area contributed by atoms with Crippen molar-refractivity contribution in [3.8, 4) is 5.75 Å². The van der Waals surface area contributed by atoms with E-state index in [4.69, 9.17) is 4.74 Å². The summed E-state index contributed by atoms with van der Waals surface area (Å²) < 4.78 is 5.56. The van der Waals surface area contributed by atoms with Crippen LogP contribution in [0.2, 0.25) is 0 Å². The molecule has 0 saturated heterocycles. The second kappa shape index (κ2) is 7.66. The number of hydrogen-bond acceptors (Lipinski definition) is 4. The minimum Gasteiger partial charge on any atom is -0.493 e. The first-order valence-electron chi connectivity index (χ1n) is 8.23. The number of fused-ring (bicyclic) bond motifs is 1. The van der Waals surface area contributed by atoms with Crippen LogP contribution in [-0.4, -0.2) is 43.1 Å². The summed E-state index contributed by atoms with van der Waals surface area (Å²) in [4.78, 5) is 11.0. The van der Waals surface area contributed by atoms with Crippen molar-refractivity contribution in [1.29, 1.82) is 0 Å². The molecule has 0 atom stereocenters. The Bertz CT molecular complexity index is 726. The van der Waals surface area contributed by atoms with E-state index in [0.29, 0.717) is 0 Å². The van der Waals surface area contributed by atoms with Gasteiger partial charge in [-0.3, -0.25) is 4.99 Å². The number of ether oxygens (including phenoxy) is 1. The van der Waals surface area contributed by atoms with Crippen LogP contribution >= 0.6 is 11.3 Å². The fraction of sp³-hybridized carbons (Fsp3) is 0.444. The average Bonchev–Trinajstić information content (AvgIpc) is 3.19. The molecular weight excluding hydrogens is 320 g/mol. The van der Waals surface area contributed by atoms with Crippen molar-refractivity contribution in [1.82, 2.24) is 15.2 Å². The van der Waals surface area contributed by atoms with Gasteiger partial charge in [0.15, 0.2) is 5.96 Å². The SMILES string of the molecule is CN=C(NCCc1ccc2c(c1)CCO2)N(C)Cc1csc(C)n1. The molecule has 0 aliphatic carbocycles. The summed E-state index contributed by atoms with van der Waals surface area (Å²) in [5, 5.41) is 6.63. The first-order valence-corrected chi connectivity index (χ1v) is 9.11. The van der Waals surface area contributed by atoms with E-state index >= 15 is 0 Å². The lowest BCUT2D eigenvalue weighted by molar-refractivity contribution is 0.357. The van der Waals surface area contributed by atoms with E-state index in [1.165, 1.54) is 11.1 Å². The summed E-state index contributed by atoms with van der Waals surface area (Å²) in [5.41, 5.74) is 3.74. The number of nitrogens with zero attached hydrogens (tertiary/aromatic N) is 3. The maximum Gasteiger partial charge on any atom is 0.193 e. The number of aliphatic imine (C=N–C) groups is 1. The minimum absolute atomic E-state index is 0.764. The molecule has 0 fully saturated rings. The molecule has 0 spiro atoms. The van der Waals surface area contributed by atoms with Crippen molar-refractivity contribution in [2.75, 3.05) is 27.2 Å². The van der Waals surface area contributed by atoms with Gasteiger partial charge in [0.1, 0.15) is 5.75 Å². The Morgan fingerprint density at radius 1 is 1.46 bits per heavy atom. The molecule has 0 radical (unpaired) electrons. The summed E-state index contributed by atoms with van der Waals surface area (Å²) in [5.74, 6) is 1.94. The molecule has 1 aromatic heterocycles. The van der Waals surface area contributed by atoms with Gasteiger partial charge >= 0.3 is 0 Å². The third-order valence-corrected chi connectivity index (χ3v) is 4.91. The van der Waals surface area contributed by atoms with E-state index in [1.807, 2.05) is 21.0 Å². The number of hydrogen-bond donors (Lipinski definition) is 1. The zero-order valence-electron chi connectivity index (χ0n) is 14.5. The summed E-state index contributed by atoms with van der Waals surface area (Å²) in [7, 11) is 3.86. The summed E-state index contributed by atoms with van der Waals surface area (Å²) >= 11 is 1.68. The van der Waals surface area contributed by atoms with Crippen molar-refractivity contribution in [3.63, 3.8) is 0 Å². The highest BCUT2D eigenvalue weighted by Gasteiger charge is 2.12. The molecule has 2 aromatic rings. The molecule has 24 heavy (non-hydrogen) atoms. The smallest absolute Gasteiger partial charge is 0.193 e. The van der Waals surface area contributed by atoms with Crippen LogP contribution in [0, 0.1) is 6.92 Å². The van der Waals surface area contributed by atoms with E-state index in [1.54, 1.807) is 11.3 Å². The first kappa shape index (κ1) is 16.8. The molecule has 1 aliphatic heterocycles. The van der Waals surface area contributed by atoms with Gasteiger partial charge in [-0.1, -0.05) is 12.1 Å². The van der Waals surface area contributed by atoms with E-state index in [9.17, 15) is 0 Å². The molecule has 3 rings (SSSR count). The third-order valence-electron chi connectivity index (χ3n) is 4.09. The zero-order valence-corrected chi connectivity index (χ0v) is 15.3. The molecule has 1 N–H and O–H groups in total. The highest BCUT2D eigenvalue weighted by molar-refractivity contribution is 7.09. The molecule has 0 bridgehead atoms. The zero-order chi connectivity index (χ0) is 16.9. The molecule has 5 nitrogen and oxygen atoms in total. The number of benzene rings is 1. The highest BCUT2D eigenvalue weighted by atomic mass is 32.1. The Kier molecular flexibility index (Phi) is 5.35. The molecule has 6 heteroatoms. The van der Waals surface area contributed by atoms with Crippen LogP contribution in [0.1, 0.15) is 21.8 Å². The molecule has 0 amide bonds. The standard InChI is InChI=1S/C18H24N4OS/c1-13-21-16(12-24-13)11-22(3)18(19-2)20-8-6-14-4-5-17-15(10-14)7-9-23-17/h4-5,10,12H,6-9,11H2,1-3H3,(H,19,20). The van der Waals surface area contributed by atoms with Gasteiger partial charge in [-0.05, 0) is 30.5 Å². The second-order valence-electron chi connectivity index (χ2n) is 5.98. The summed E-state index contributed by atoms with van der Waals surface area (Å²) in [6, 6.07) is 6.49. The number of aromatic nitrogens is 1. The van der Waals surface area contributed by atoms with Crippen molar-refractivity contribution >= 4 is 17.3 Å². The fourth-order valence-electron chi connectivity index (χ4n) is 2.90. The van der Waals surface area contributed by atoms with Gasteiger partial charge in [-0.25, -0.2) is 4.98 Å². The van der Waals surface area contributed by atoms with E-state index in [0.717, 1.165) is 54.9 Å². The van der Waals surface area contributed by atoms with E-state index in [-0.39, 0.29) is 0 Å². The normalized spacial score (nSPS) is 13.5. The summed E-state index contributed by atoms with van der Waals surface area (Å²) in [6.45, 7) is 4.46. The Hall–Kier alpha value is -2.08. The lowest BCUT2D eigenvalue weighted by Crippen LogP contribution is -2.39. The van der Waals surface area contributed by atoms with Crippen LogP contribution in [-0.2, 0) is 19.4 Å². The molecule has 1 aliphatic rings. The monoisotopic (exact) mass is 344 g/mol. The molecule has 0 unspecified atom stereocenters. The summed E-state index contributed by atoms with van der Waals surface area (Å²) in [6.07, 6.45) is 1.99. The molecule has 2 heterocycles. The predicted octanol–water partition coefficient (Wildman–Crippen LogP) is 2.64. The molecular formula is C18H24N4OS. The Morgan fingerprint density at radius 2 is 2.33 bits per heavy atom. The van der Waals surface area contributed by atoms with Crippen LogP contribution < -0.4 is 10.1 Å². The van der Waals surface area contributed by atoms with Gasteiger partial charge in [0.05, 0.1) is 23.9 Å². The quantitative estimate of drug-likeness (QED) is 0.669. The molecule has 0 saturated carbocycles. The van der Waals surface area contributed by atoms with Crippen molar-refractivity contribution in [2.24, 2.45) is 4.99 Å². The van der Waals surface area contributed by atoms with Gasteiger partial charge in [0.2, 0.25) is 0 Å². The highest BCUT2D eigenvalue weighted by Crippen LogP contribution is 2.25. The van der Waals surface area contributed by atoms with Gasteiger partial charge < -0.3 is 15.0 Å². The van der Waals surface area contributed by atoms with Crippen molar-refractivity contribution in [3.05, 3.63) is 45.4 Å². The maximum atomic E-state index is 5.56. The molecule has 128 valence electrons. The molecule has 1 aromatic carbocycles. The van der Waals surface area contributed by atoms with E-state index < -0.39 is 0 Å². The predicted molar refractivity (Wildman–Crippen MR) is 99.0 cm³/mol. The van der Waals surface area contributed by atoms with Gasteiger partial charge in [-0.2, -0.15) is 0 Å². The fourth-order valence-corrected chi connectivity index (χ4v) is 3.50. The van der Waals surface area contributed by atoms with Crippen LogP contribution in [0.3, 0.4) is 0 Å². The third kappa shape index (κ3) is 4.06. The van der Waals surface area contributed by atoms with Gasteiger partial charge in [-0.15, -0.1) is 11.3 Å². The maximum absolute atomic E-state index is 5.56. The number of aryl methyl sites for hydroxylation is 1.